The summed E-state index contributed by atoms with van der Waals surface area (Å²) in [6, 6.07) is 5.49. The molecule has 0 unspecified atom stereocenters. The monoisotopic (exact) mass is 274 g/mol. The third-order valence-electron chi connectivity index (χ3n) is 3.26. The number of aromatic nitrogens is 2. The molecule has 2 aromatic heterocycles. The lowest BCUT2D eigenvalue weighted by molar-refractivity contribution is 0.317. The highest BCUT2D eigenvalue weighted by atomic mass is 16.1. The Morgan fingerprint density at radius 1 is 1.40 bits per heavy atom. The van der Waals surface area contributed by atoms with Crippen LogP contribution in [0.4, 0.5) is 0 Å². The minimum atomic E-state index is -0.0164. The van der Waals surface area contributed by atoms with Crippen molar-refractivity contribution in [2.24, 2.45) is 0 Å². The Morgan fingerprint density at radius 2 is 2.20 bits per heavy atom. The van der Waals surface area contributed by atoms with E-state index in [0.717, 1.165) is 30.8 Å². The molecule has 5 nitrogen and oxygen atoms in total. The molecule has 2 aromatic rings. The van der Waals surface area contributed by atoms with Gasteiger partial charge in [-0.25, -0.2) is 4.98 Å². The Balaban J connectivity index is 2.15. The Bertz CT molecular complexity index is 635. The number of hydrogen-bond acceptors (Lipinski definition) is 4. The fourth-order valence-electron chi connectivity index (χ4n) is 2.22. The predicted molar refractivity (Wildman–Crippen MR) is 81.1 cm³/mol. The van der Waals surface area contributed by atoms with Gasteiger partial charge in [0.2, 0.25) is 0 Å². The van der Waals surface area contributed by atoms with Gasteiger partial charge in [0, 0.05) is 18.8 Å². The smallest absolute Gasteiger partial charge is 0.258 e. The molecule has 0 aliphatic carbocycles. The van der Waals surface area contributed by atoms with Crippen molar-refractivity contribution < 1.29 is 0 Å². The van der Waals surface area contributed by atoms with E-state index in [4.69, 9.17) is 0 Å². The fourth-order valence-corrected chi connectivity index (χ4v) is 2.22. The molecule has 2 heterocycles. The van der Waals surface area contributed by atoms with Gasteiger partial charge in [0.1, 0.15) is 5.65 Å². The lowest BCUT2D eigenvalue weighted by Crippen LogP contribution is -2.24. The van der Waals surface area contributed by atoms with Crippen molar-refractivity contribution in [1.29, 1.82) is 0 Å². The van der Waals surface area contributed by atoms with Crippen molar-refractivity contribution >= 4 is 5.65 Å². The number of fused-ring (bicyclic) bond motifs is 1. The third kappa shape index (κ3) is 3.65. The van der Waals surface area contributed by atoms with E-state index < -0.39 is 0 Å². The Labute approximate surface area is 119 Å². The number of pyridine rings is 1. The van der Waals surface area contributed by atoms with Crippen LogP contribution in [0.5, 0.6) is 0 Å². The Kier molecular flexibility index (Phi) is 4.87. The van der Waals surface area contributed by atoms with E-state index in [1.165, 1.54) is 0 Å². The molecule has 0 fully saturated rings. The van der Waals surface area contributed by atoms with Gasteiger partial charge in [0.05, 0.1) is 5.69 Å². The van der Waals surface area contributed by atoms with Crippen molar-refractivity contribution in [3.63, 3.8) is 0 Å². The molecule has 0 radical (unpaired) electrons. The standard InChI is InChI=1S/C15H22N4O/c1-12-5-6-14-17-13(9-15(20)19(14)10-12)11-18(3)8-4-7-16-2/h5-6,9-10,16H,4,7-8,11H2,1-3H3. The van der Waals surface area contributed by atoms with Crippen LogP contribution < -0.4 is 10.9 Å². The van der Waals surface area contributed by atoms with Gasteiger partial charge in [-0.2, -0.15) is 0 Å². The van der Waals surface area contributed by atoms with Crippen LogP contribution in [0.25, 0.3) is 5.65 Å². The van der Waals surface area contributed by atoms with Crippen molar-refractivity contribution in [2.75, 3.05) is 27.2 Å². The second kappa shape index (κ2) is 6.63. The summed E-state index contributed by atoms with van der Waals surface area (Å²) in [5, 5.41) is 3.13. The van der Waals surface area contributed by atoms with Crippen LogP contribution in [0, 0.1) is 6.92 Å². The molecule has 0 aliphatic heterocycles. The largest absolute Gasteiger partial charge is 0.320 e. The average molecular weight is 274 g/mol. The maximum absolute atomic E-state index is 12.1. The first kappa shape index (κ1) is 14.7. The topological polar surface area (TPSA) is 49.6 Å². The van der Waals surface area contributed by atoms with E-state index in [2.05, 4.69) is 15.2 Å². The molecule has 0 bridgehead atoms. The molecule has 1 N–H and O–H groups in total. The van der Waals surface area contributed by atoms with E-state index in [-0.39, 0.29) is 5.56 Å². The van der Waals surface area contributed by atoms with E-state index in [9.17, 15) is 4.79 Å². The molecular weight excluding hydrogens is 252 g/mol. The van der Waals surface area contributed by atoms with Gasteiger partial charge in [0.25, 0.3) is 5.56 Å². The van der Waals surface area contributed by atoms with Crippen LogP contribution in [-0.2, 0) is 6.54 Å². The highest BCUT2D eigenvalue weighted by Crippen LogP contribution is 2.04. The molecule has 0 saturated carbocycles. The zero-order valence-corrected chi connectivity index (χ0v) is 12.4. The average Bonchev–Trinajstić information content (AvgIpc) is 2.40. The molecule has 0 aromatic carbocycles. The minimum absolute atomic E-state index is 0.0164. The van der Waals surface area contributed by atoms with Crippen molar-refractivity contribution in [3.05, 3.63) is 46.0 Å². The first-order valence-corrected chi connectivity index (χ1v) is 6.92. The van der Waals surface area contributed by atoms with Crippen molar-refractivity contribution in [2.45, 2.75) is 19.9 Å². The van der Waals surface area contributed by atoms with Gasteiger partial charge >= 0.3 is 0 Å². The summed E-state index contributed by atoms with van der Waals surface area (Å²) in [6.07, 6.45) is 2.91. The summed E-state index contributed by atoms with van der Waals surface area (Å²) in [7, 11) is 4.00. The quantitative estimate of drug-likeness (QED) is 0.800. The molecule has 0 aliphatic rings. The van der Waals surface area contributed by atoms with Gasteiger partial charge in [-0.05, 0) is 52.2 Å². The molecule has 108 valence electrons. The number of rotatable bonds is 6. The summed E-state index contributed by atoms with van der Waals surface area (Å²) in [5.41, 5.74) is 2.57. The lowest BCUT2D eigenvalue weighted by atomic mass is 10.3. The molecule has 2 rings (SSSR count). The number of hydrogen-bond donors (Lipinski definition) is 1. The number of nitrogens with one attached hydrogen (secondary N) is 1. The first-order chi connectivity index (χ1) is 9.60. The van der Waals surface area contributed by atoms with E-state index in [1.54, 1.807) is 10.5 Å². The zero-order valence-electron chi connectivity index (χ0n) is 12.4. The Morgan fingerprint density at radius 3 is 2.95 bits per heavy atom. The van der Waals surface area contributed by atoms with Gasteiger partial charge in [-0.3, -0.25) is 9.20 Å². The number of aryl methyl sites for hydroxylation is 1. The fraction of sp³-hybridized carbons (Fsp3) is 0.467. The van der Waals surface area contributed by atoms with Gasteiger partial charge in [-0.1, -0.05) is 6.07 Å². The second-order valence-corrected chi connectivity index (χ2v) is 5.22. The number of nitrogens with zero attached hydrogens (tertiary/aromatic N) is 3. The molecule has 20 heavy (non-hydrogen) atoms. The summed E-state index contributed by atoms with van der Waals surface area (Å²) >= 11 is 0. The molecule has 0 saturated heterocycles. The molecular formula is C15H22N4O. The van der Waals surface area contributed by atoms with E-state index in [0.29, 0.717) is 12.2 Å². The lowest BCUT2D eigenvalue weighted by Gasteiger charge is -2.16. The van der Waals surface area contributed by atoms with Crippen LogP contribution in [0.15, 0.2) is 29.2 Å². The maximum Gasteiger partial charge on any atom is 0.258 e. The molecule has 0 spiro atoms. The zero-order chi connectivity index (χ0) is 14.5. The van der Waals surface area contributed by atoms with Crippen LogP contribution in [0.2, 0.25) is 0 Å². The predicted octanol–water partition coefficient (Wildman–Crippen LogP) is 1.04. The first-order valence-electron chi connectivity index (χ1n) is 6.92. The van der Waals surface area contributed by atoms with Gasteiger partial charge in [-0.15, -0.1) is 0 Å². The molecule has 5 heteroatoms. The SMILES string of the molecule is CNCCCN(C)Cc1cc(=O)n2cc(C)ccc2n1. The van der Waals surface area contributed by atoms with E-state index in [1.807, 2.05) is 39.3 Å². The highest BCUT2D eigenvalue weighted by Gasteiger charge is 2.05. The van der Waals surface area contributed by atoms with Crippen LogP contribution in [0.3, 0.4) is 0 Å². The normalized spacial score (nSPS) is 11.4. The van der Waals surface area contributed by atoms with Crippen molar-refractivity contribution in [3.8, 4) is 0 Å². The van der Waals surface area contributed by atoms with E-state index >= 15 is 0 Å². The van der Waals surface area contributed by atoms with Crippen LogP contribution in [-0.4, -0.2) is 41.5 Å². The summed E-state index contributed by atoms with van der Waals surface area (Å²) < 4.78 is 1.60. The van der Waals surface area contributed by atoms with Crippen LogP contribution in [0.1, 0.15) is 17.7 Å². The highest BCUT2D eigenvalue weighted by molar-refractivity contribution is 5.39. The van der Waals surface area contributed by atoms with Crippen molar-refractivity contribution in [1.82, 2.24) is 19.6 Å². The summed E-state index contributed by atoms with van der Waals surface area (Å²) in [4.78, 5) is 18.8. The molecule has 0 atom stereocenters. The third-order valence-corrected chi connectivity index (χ3v) is 3.26. The Hall–Kier alpha value is -1.72. The minimum Gasteiger partial charge on any atom is -0.320 e. The van der Waals surface area contributed by atoms with Gasteiger partial charge < -0.3 is 10.2 Å². The molecule has 0 amide bonds. The maximum atomic E-state index is 12.1. The summed E-state index contributed by atoms with van der Waals surface area (Å²) in [5.74, 6) is 0. The van der Waals surface area contributed by atoms with Crippen LogP contribution >= 0.6 is 0 Å². The van der Waals surface area contributed by atoms with Gasteiger partial charge in [0.15, 0.2) is 0 Å². The second-order valence-electron chi connectivity index (χ2n) is 5.22. The summed E-state index contributed by atoms with van der Waals surface area (Å²) in [6.45, 7) is 4.64.